The molecule has 0 bridgehead atoms. The number of amides is 1. The summed E-state index contributed by atoms with van der Waals surface area (Å²) in [6.07, 6.45) is -4.01. The quantitative estimate of drug-likeness (QED) is 0.922. The number of benzene rings is 1. The molecule has 1 aromatic heterocycles. The van der Waals surface area contributed by atoms with Crippen molar-refractivity contribution in [3.05, 3.63) is 30.1 Å². The molecule has 136 valence electrons. The molecule has 3 rings (SSSR count). The van der Waals surface area contributed by atoms with Gasteiger partial charge in [-0.1, -0.05) is 12.1 Å². The second-order valence-corrected chi connectivity index (χ2v) is 6.54. The summed E-state index contributed by atoms with van der Waals surface area (Å²) in [5.74, 6) is 0.358. The smallest absolute Gasteiger partial charge is 0.352 e. The van der Waals surface area contributed by atoms with Crippen molar-refractivity contribution < 1.29 is 18.0 Å². The minimum atomic E-state index is -4.30. The molecular weight excluding hydrogens is 333 g/mol. The minimum absolute atomic E-state index is 0.0294. The zero-order valence-corrected chi connectivity index (χ0v) is 14.2. The van der Waals surface area contributed by atoms with Crippen LogP contribution >= 0.6 is 0 Å². The Labute approximate surface area is 143 Å². The average Bonchev–Trinajstić information content (AvgIpc) is 2.82. The van der Waals surface area contributed by atoms with E-state index in [0.29, 0.717) is 12.2 Å². The lowest BCUT2D eigenvalue weighted by Crippen LogP contribution is -2.55. The maximum absolute atomic E-state index is 13.4. The lowest BCUT2D eigenvalue weighted by Gasteiger charge is -2.40. The number of nitrogens with one attached hydrogen (secondary N) is 1. The third-order valence-corrected chi connectivity index (χ3v) is 4.69. The topological polar surface area (TPSA) is 50.2 Å². The zero-order valence-electron chi connectivity index (χ0n) is 14.2. The van der Waals surface area contributed by atoms with Gasteiger partial charge in [-0.15, -0.1) is 0 Å². The Kier molecular flexibility index (Phi) is 4.73. The maximum atomic E-state index is 13.4. The number of fused-ring (bicyclic) bond motifs is 1. The van der Waals surface area contributed by atoms with Crippen molar-refractivity contribution in [2.45, 2.75) is 44.6 Å². The van der Waals surface area contributed by atoms with Crippen LogP contribution < -0.4 is 5.32 Å². The highest BCUT2D eigenvalue weighted by molar-refractivity contribution is 5.75. The van der Waals surface area contributed by atoms with Crippen molar-refractivity contribution >= 4 is 16.9 Å². The molecular formula is C17H21F3N4O. The van der Waals surface area contributed by atoms with Gasteiger partial charge >= 0.3 is 6.18 Å². The summed E-state index contributed by atoms with van der Waals surface area (Å²) in [6.45, 7) is 1.63. The van der Waals surface area contributed by atoms with Gasteiger partial charge < -0.3 is 9.88 Å². The molecule has 2 atom stereocenters. The summed E-state index contributed by atoms with van der Waals surface area (Å²) in [6, 6.07) is 5.67. The standard InChI is InChI=1S/C17H21F3N4O/c1-11(25)21-12-7-8-15(17(18,19)20)24(9-12)10-16-22-13-5-3-4-6-14(13)23(16)2/h3-6,12,15H,7-10H2,1-2H3,(H,21,25)/t12-,15-/m1/s1. The highest BCUT2D eigenvalue weighted by Gasteiger charge is 2.46. The lowest BCUT2D eigenvalue weighted by atomic mass is 9.97. The van der Waals surface area contributed by atoms with Crippen LogP contribution in [0.2, 0.25) is 0 Å². The number of hydrogen-bond donors (Lipinski definition) is 1. The number of carbonyl (C=O) groups excluding carboxylic acids is 1. The first-order valence-corrected chi connectivity index (χ1v) is 8.24. The average molecular weight is 354 g/mol. The Balaban J connectivity index is 1.86. The number of para-hydroxylation sites is 2. The van der Waals surface area contributed by atoms with Crippen molar-refractivity contribution in [3.8, 4) is 0 Å². The normalized spacial score (nSPS) is 22.3. The third kappa shape index (κ3) is 3.78. The number of rotatable bonds is 3. The van der Waals surface area contributed by atoms with Crippen LogP contribution in [0.3, 0.4) is 0 Å². The van der Waals surface area contributed by atoms with Crippen molar-refractivity contribution in [3.63, 3.8) is 0 Å². The predicted octanol–water partition coefficient (Wildman–Crippen LogP) is 2.60. The molecule has 1 N–H and O–H groups in total. The molecule has 1 aromatic carbocycles. The molecule has 1 aliphatic rings. The van der Waals surface area contributed by atoms with E-state index in [-0.39, 0.29) is 31.5 Å². The van der Waals surface area contributed by atoms with Crippen LogP contribution in [-0.2, 0) is 18.4 Å². The monoisotopic (exact) mass is 354 g/mol. The van der Waals surface area contributed by atoms with Crippen LogP contribution in [0.15, 0.2) is 24.3 Å². The minimum Gasteiger partial charge on any atom is -0.352 e. The van der Waals surface area contributed by atoms with Crippen LogP contribution in [0.5, 0.6) is 0 Å². The number of nitrogens with zero attached hydrogens (tertiary/aromatic N) is 3. The number of halogens is 3. The molecule has 2 heterocycles. The van der Waals surface area contributed by atoms with Crippen molar-refractivity contribution in [1.29, 1.82) is 0 Å². The number of alkyl halides is 3. The molecule has 1 saturated heterocycles. The zero-order chi connectivity index (χ0) is 18.2. The fourth-order valence-corrected chi connectivity index (χ4v) is 3.51. The number of aromatic nitrogens is 2. The molecule has 1 amide bonds. The van der Waals surface area contributed by atoms with E-state index in [0.717, 1.165) is 11.0 Å². The van der Waals surface area contributed by atoms with Crippen LogP contribution in [0.25, 0.3) is 11.0 Å². The largest absolute Gasteiger partial charge is 0.404 e. The van der Waals surface area contributed by atoms with E-state index in [2.05, 4.69) is 10.3 Å². The Morgan fingerprint density at radius 2 is 2.04 bits per heavy atom. The molecule has 0 radical (unpaired) electrons. The number of carbonyl (C=O) groups is 1. The fourth-order valence-electron chi connectivity index (χ4n) is 3.51. The number of aryl methyl sites for hydroxylation is 1. The van der Waals surface area contributed by atoms with E-state index in [1.54, 1.807) is 0 Å². The molecule has 1 aliphatic heterocycles. The molecule has 0 spiro atoms. The second kappa shape index (κ2) is 6.67. The fraction of sp³-hybridized carbons (Fsp3) is 0.529. The van der Waals surface area contributed by atoms with Crippen molar-refractivity contribution in [1.82, 2.24) is 19.8 Å². The van der Waals surface area contributed by atoms with E-state index in [1.807, 2.05) is 35.9 Å². The highest BCUT2D eigenvalue weighted by atomic mass is 19.4. The van der Waals surface area contributed by atoms with Crippen molar-refractivity contribution in [2.75, 3.05) is 6.54 Å². The number of likely N-dealkylation sites (tertiary alicyclic amines) is 1. The maximum Gasteiger partial charge on any atom is 0.404 e. The first kappa shape index (κ1) is 17.7. The van der Waals surface area contributed by atoms with E-state index in [4.69, 9.17) is 0 Å². The highest BCUT2D eigenvalue weighted by Crippen LogP contribution is 2.33. The molecule has 2 aromatic rings. The Morgan fingerprint density at radius 3 is 2.68 bits per heavy atom. The summed E-state index contributed by atoms with van der Waals surface area (Å²) < 4.78 is 42.1. The van der Waals surface area contributed by atoms with E-state index in [9.17, 15) is 18.0 Å². The Bertz CT molecular complexity index is 771. The van der Waals surface area contributed by atoms with Gasteiger partial charge in [0.1, 0.15) is 11.9 Å². The SMILES string of the molecule is CC(=O)N[C@@H]1CC[C@H](C(F)(F)F)N(Cc2nc3ccccc3n2C)C1. The second-order valence-electron chi connectivity index (χ2n) is 6.54. The number of hydrogen-bond acceptors (Lipinski definition) is 3. The van der Waals surface area contributed by atoms with Gasteiger partial charge in [0.25, 0.3) is 0 Å². The van der Waals surface area contributed by atoms with E-state index >= 15 is 0 Å². The van der Waals surface area contributed by atoms with Gasteiger partial charge in [-0.2, -0.15) is 13.2 Å². The summed E-state index contributed by atoms with van der Waals surface area (Å²) in [4.78, 5) is 17.1. The third-order valence-electron chi connectivity index (χ3n) is 4.69. The van der Waals surface area contributed by atoms with Crippen LogP contribution in [0.1, 0.15) is 25.6 Å². The molecule has 0 unspecified atom stereocenters. The van der Waals surface area contributed by atoms with Crippen LogP contribution in [0.4, 0.5) is 13.2 Å². The Hall–Kier alpha value is -2.09. The van der Waals surface area contributed by atoms with Gasteiger partial charge in [-0.05, 0) is 25.0 Å². The summed E-state index contributed by atoms with van der Waals surface area (Å²) in [5, 5.41) is 2.74. The molecule has 8 heteroatoms. The van der Waals surface area contributed by atoms with Gasteiger partial charge in [-0.25, -0.2) is 4.98 Å². The first-order valence-electron chi connectivity index (χ1n) is 8.24. The van der Waals surface area contributed by atoms with Gasteiger partial charge in [0.15, 0.2) is 0 Å². The van der Waals surface area contributed by atoms with E-state index in [1.165, 1.54) is 11.8 Å². The van der Waals surface area contributed by atoms with Crippen LogP contribution in [-0.4, -0.2) is 45.2 Å². The lowest BCUT2D eigenvalue weighted by molar-refractivity contribution is -0.194. The molecule has 0 aliphatic carbocycles. The van der Waals surface area contributed by atoms with Crippen LogP contribution in [0, 0.1) is 0 Å². The van der Waals surface area contributed by atoms with Crippen molar-refractivity contribution in [2.24, 2.45) is 7.05 Å². The molecule has 5 nitrogen and oxygen atoms in total. The Morgan fingerprint density at radius 1 is 1.32 bits per heavy atom. The van der Waals surface area contributed by atoms with Gasteiger partial charge in [-0.3, -0.25) is 9.69 Å². The van der Waals surface area contributed by atoms with E-state index < -0.39 is 12.2 Å². The summed E-state index contributed by atoms with van der Waals surface area (Å²) in [5.41, 5.74) is 1.65. The summed E-state index contributed by atoms with van der Waals surface area (Å²) >= 11 is 0. The number of piperidine rings is 1. The predicted molar refractivity (Wildman–Crippen MR) is 87.8 cm³/mol. The van der Waals surface area contributed by atoms with Gasteiger partial charge in [0.2, 0.25) is 5.91 Å². The molecule has 25 heavy (non-hydrogen) atoms. The number of imidazole rings is 1. The van der Waals surface area contributed by atoms with Gasteiger partial charge in [0, 0.05) is 26.6 Å². The van der Waals surface area contributed by atoms with Gasteiger partial charge in [0.05, 0.1) is 17.6 Å². The molecule has 1 fully saturated rings. The first-order chi connectivity index (χ1) is 11.8. The summed E-state index contributed by atoms with van der Waals surface area (Å²) in [7, 11) is 1.81. The molecule has 0 saturated carbocycles.